The number of amides is 2. The number of rotatable bonds is 14. The number of hydrogen-bond donors (Lipinski definition) is 4. The smallest absolute Gasteiger partial charge is 0.407 e. The minimum Gasteiger partial charge on any atom is -0.453 e. The summed E-state index contributed by atoms with van der Waals surface area (Å²) in [4.78, 5) is 27.4. The molecule has 276 valence electrons. The summed E-state index contributed by atoms with van der Waals surface area (Å²) in [6.07, 6.45) is -1.42. The zero-order chi connectivity index (χ0) is 37.0. The molecule has 3 aromatic carbocycles. The van der Waals surface area contributed by atoms with Crippen LogP contribution in [0, 0.1) is 5.92 Å². The Bertz CT molecular complexity index is 1930. The van der Waals surface area contributed by atoms with E-state index in [0.717, 1.165) is 21.0 Å². The Morgan fingerprint density at radius 2 is 1.65 bits per heavy atom. The Labute approximate surface area is 305 Å². The zero-order valence-corrected chi connectivity index (χ0v) is 30.1. The average molecular weight is 754 g/mol. The molecule has 0 radical (unpaired) electrons. The standard InChI is InChI=1S/C38H41F2N3O7S2/c1-50-37(47)42-35(34(26-8-4-2-5-9-26)27-10-6-3-7-11-27)36(46)41-21-28-14-17-33(51-28)31(23-44)43(22-24-19-38(39,40)20-24)52(48,49)29-15-12-25-13-16-32(45)30(25)18-29/h2-12,14-15,17-18,24,31-32,34-35,44-45H,13,16,19-23H2,1H3,(H,41,46)(H,42,47). The Morgan fingerprint density at radius 3 is 2.25 bits per heavy atom. The summed E-state index contributed by atoms with van der Waals surface area (Å²) >= 11 is 1.17. The van der Waals surface area contributed by atoms with Crippen LogP contribution in [0.4, 0.5) is 13.6 Å². The van der Waals surface area contributed by atoms with Gasteiger partial charge in [-0.3, -0.25) is 4.79 Å². The second kappa shape index (κ2) is 15.8. The molecule has 0 bridgehead atoms. The van der Waals surface area contributed by atoms with E-state index in [1.165, 1.54) is 30.6 Å². The lowest BCUT2D eigenvalue weighted by Gasteiger charge is -2.39. The quantitative estimate of drug-likeness (QED) is 0.130. The number of aliphatic hydroxyl groups excluding tert-OH is 2. The molecule has 0 spiro atoms. The number of nitrogens with one attached hydrogen (secondary N) is 2. The number of ether oxygens (including phenoxy) is 1. The first-order valence-corrected chi connectivity index (χ1v) is 19.3. The first kappa shape index (κ1) is 37.5. The second-order valence-electron chi connectivity index (χ2n) is 13.3. The van der Waals surface area contributed by atoms with E-state index in [2.05, 4.69) is 10.6 Å². The molecular formula is C38H41F2N3O7S2. The molecule has 1 fully saturated rings. The maximum atomic E-state index is 14.2. The Balaban J connectivity index is 1.25. The summed E-state index contributed by atoms with van der Waals surface area (Å²) < 4.78 is 62.1. The van der Waals surface area contributed by atoms with E-state index >= 15 is 0 Å². The third kappa shape index (κ3) is 8.21. The molecule has 10 nitrogen and oxygen atoms in total. The first-order chi connectivity index (χ1) is 24.9. The molecule has 2 aliphatic rings. The minimum absolute atomic E-state index is 0.0155. The molecule has 4 N–H and O–H groups in total. The van der Waals surface area contributed by atoms with Crippen molar-refractivity contribution in [3.63, 3.8) is 0 Å². The maximum Gasteiger partial charge on any atom is 0.407 e. The largest absolute Gasteiger partial charge is 0.453 e. The van der Waals surface area contributed by atoms with Crippen LogP contribution in [0.5, 0.6) is 0 Å². The van der Waals surface area contributed by atoms with Crippen molar-refractivity contribution in [1.82, 2.24) is 14.9 Å². The second-order valence-corrected chi connectivity index (χ2v) is 16.3. The van der Waals surface area contributed by atoms with Gasteiger partial charge in [0.05, 0.1) is 37.3 Å². The topological polar surface area (TPSA) is 145 Å². The molecule has 3 atom stereocenters. The van der Waals surface area contributed by atoms with Crippen LogP contribution in [-0.4, -0.2) is 67.2 Å². The number of alkyl halides is 2. The number of carbonyl (C=O) groups is 2. The fourth-order valence-electron chi connectivity index (χ4n) is 7.08. The van der Waals surface area contributed by atoms with Gasteiger partial charge in [0.2, 0.25) is 21.9 Å². The fraction of sp³-hybridized carbons (Fsp3) is 0.368. The highest BCUT2D eigenvalue weighted by molar-refractivity contribution is 7.89. The van der Waals surface area contributed by atoms with Crippen LogP contribution in [0.2, 0.25) is 0 Å². The van der Waals surface area contributed by atoms with Crippen LogP contribution >= 0.6 is 11.3 Å². The molecular weight excluding hydrogens is 713 g/mol. The van der Waals surface area contributed by atoms with E-state index in [9.17, 15) is 37.0 Å². The molecule has 0 saturated heterocycles. The number of carbonyl (C=O) groups excluding carboxylic acids is 2. The van der Waals surface area contributed by atoms with Gasteiger partial charge in [-0.25, -0.2) is 22.0 Å². The summed E-state index contributed by atoms with van der Waals surface area (Å²) in [6, 6.07) is 24.3. The monoisotopic (exact) mass is 753 g/mol. The van der Waals surface area contributed by atoms with Crippen molar-refractivity contribution in [2.45, 2.75) is 67.2 Å². The number of sulfonamides is 1. The maximum absolute atomic E-state index is 14.2. The molecule has 2 amide bonds. The number of fused-ring (bicyclic) bond motifs is 1. The van der Waals surface area contributed by atoms with E-state index in [1.807, 2.05) is 60.7 Å². The molecule has 6 rings (SSSR count). The van der Waals surface area contributed by atoms with Gasteiger partial charge in [0.15, 0.2) is 0 Å². The lowest BCUT2D eigenvalue weighted by Crippen LogP contribution is -2.50. The molecule has 1 aromatic heterocycles. The third-order valence-corrected chi connectivity index (χ3v) is 12.8. The molecule has 3 unspecified atom stereocenters. The summed E-state index contributed by atoms with van der Waals surface area (Å²) in [5.74, 6) is -4.55. The molecule has 52 heavy (non-hydrogen) atoms. The highest BCUT2D eigenvalue weighted by Gasteiger charge is 2.48. The van der Waals surface area contributed by atoms with Crippen molar-refractivity contribution in [3.05, 3.63) is 123 Å². The van der Waals surface area contributed by atoms with Gasteiger partial charge in [-0.05, 0) is 65.3 Å². The summed E-state index contributed by atoms with van der Waals surface area (Å²) in [7, 11) is -3.10. The SMILES string of the molecule is COC(=O)NC(C(=O)NCc1ccc(C(CO)N(CC2CC(F)(F)C2)S(=O)(=O)c2ccc3c(c2)C(O)CC3)s1)C(c1ccccc1)c1ccccc1. The van der Waals surface area contributed by atoms with E-state index in [4.69, 9.17) is 4.74 Å². The van der Waals surface area contributed by atoms with Crippen molar-refractivity contribution in [2.24, 2.45) is 5.92 Å². The lowest BCUT2D eigenvalue weighted by atomic mass is 9.81. The van der Waals surface area contributed by atoms with Gasteiger partial charge in [0, 0.05) is 35.1 Å². The fourth-order valence-corrected chi connectivity index (χ4v) is 9.91. The van der Waals surface area contributed by atoms with Crippen molar-refractivity contribution >= 4 is 33.4 Å². The van der Waals surface area contributed by atoms with Crippen molar-refractivity contribution in [2.75, 3.05) is 20.3 Å². The van der Waals surface area contributed by atoms with Gasteiger partial charge in [0.1, 0.15) is 6.04 Å². The number of aliphatic hydroxyl groups is 2. The average Bonchev–Trinajstić information content (AvgIpc) is 3.76. The minimum atomic E-state index is -4.32. The highest BCUT2D eigenvalue weighted by atomic mass is 32.2. The van der Waals surface area contributed by atoms with Crippen LogP contribution < -0.4 is 10.6 Å². The summed E-state index contributed by atoms with van der Waals surface area (Å²) in [6.45, 7) is -0.835. The molecule has 1 heterocycles. The van der Waals surface area contributed by atoms with Gasteiger partial charge >= 0.3 is 6.09 Å². The number of aryl methyl sites for hydroxylation is 1. The lowest BCUT2D eigenvalue weighted by molar-refractivity contribution is -0.123. The zero-order valence-electron chi connectivity index (χ0n) is 28.5. The van der Waals surface area contributed by atoms with Crippen LogP contribution in [0.25, 0.3) is 0 Å². The number of alkyl carbamates (subject to hydrolysis) is 1. The Hall–Kier alpha value is -4.21. The van der Waals surface area contributed by atoms with E-state index in [-0.39, 0.29) is 18.0 Å². The summed E-state index contributed by atoms with van der Waals surface area (Å²) in [5, 5.41) is 26.7. The number of benzene rings is 3. The van der Waals surface area contributed by atoms with Crippen LogP contribution in [-0.2, 0) is 32.5 Å². The Kier molecular flexibility index (Phi) is 11.4. The number of methoxy groups -OCH3 is 1. The number of thiophene rings is 1. The van der Waals surface area contributed by atoms with Crippen molar-refractivity contribution in [1.29, 1.82) is 0 Å². The molecule has 1 saturated carbocycles. The van der Waals surface area contributed by atoms with Crippen molar-refractivity contribution in [3.8, 4) is 0 Å². The van der Waals surface area contributed by atoms with E-state index < -0.39 is 77.4 Å². The molecule has 2 aliphatic carbocycles. The van der Waals surface area contributed by atoms with Gasteiger partial charge in [-0.1, -0.05) is 66.7 Å². The normalized spacial score (nSPS) is 18.0. The van der Waals surface area contributed by atoms with Crippen LogP contribution in [0.1, 0.15) is 69.3 Å². The molecule has 14 heteroatoms. The van der Waals surface area contributed by atoms with Crippen LogP contribution in [0.15, 0.2) is 95.9 Å². The number of nitrogens with zero attached hydrogens (tertiary/aromatic N) is 1. The number of halogens is 2. The van der Waals surface area contributed by atoms with Gasteiger partial charge in [-0.2, -0.15) is 4.31 Å². The predicted octanol–water partition coefficient (Wildman–Crippen LogP) is 5.67. The first-order valence-electron chi connectivity index (χ1n) is 17.0. The molecule has 4 aromatic rings. The van der Waals surface area contributed by atoms with Gasteiger partial charge < -0.3 is 25.6 Å². The summed E-state index contributed by atoms with van der Waals surface area (Å²) in [5.41, 5.74) is 2.95. The predicted molar refractivity (Wildman–Crippen MR) is 191 cm³/mol. The van der Waals surface area contributed by atoms with Gasteiger partial charge in [0.25, 0.3) is 0 Å². The highest BCUT2D eigenvalue weighted by Crippen LogP contribution is 2.45. The number of hydrogen-bond acceptors (Lipinski definition) is 8. The van der Waals surface area contributed by atoms with Crippen molar-refractivity contribution < 1.29 is 41.7 Å². The van der Waals surface area contributed by atoms with Gasteiger partial charge in [-0.15, -0.1) is 11.3 Å². The molecule has 0 aliphatic heterocycles. The Morgan fingerprint density at radius 1 is 1.00 bits per heavy atom. The van der Waals surface area contributed by atoms with Crippen LogP contribution in [0.3, 0.4) is 0 Å². The van der Waals surface area contributed by atoms with E-state index in [1.54, 1.807) is 18.2 Å². The van der Waals surface area contributed by atoms with E-state index in [0.29, 0.717) is 28.2 Å². The third-order valence-electron chi connectivity index (χ3n) is 9.74.